The summed E-state index contributed by atoms with van der Waals surface area (Å²) in [7, 11) is 0. The van der Waals surface area contributed by atoms with Gasteiger partial charge in [-0.05, 0) is 38.5 Å². The molecule has 45 heavy (non-hydrogen) atoms. The van der Waals surface area contributed by atoms with E-state index in [2.05, 4.69) is 127 Å². The molecule has 0 unspecified atom stereocenters. The molecule has 0 spiro atoms. The van der Waals surface area contributed by atoms with Crippen molar-refractivity contribution in [1.82, 2.24) is 9.97 Å². The minimum absolute atomic E-state index is 0. The number of rotatable bonds is 3. The molecule has 0 aliphatic heterocycles. The standard InChI is InChI=1S/C26H18NS.C14H16GeN.Ir/c1-26(2)21-12-5-3-8-16(21)20-15-27-23(14-22(20)26)19-11-7-10-18-17-9-4-6-13-24(17)28-25(18)19;1-15(2,3)13-9-10-14(16-11-13)12-7-5-4-6-8-12;/h3-10,12-15H,1-2H3;4-7,9-11H,1-3H3;/q2*-1;. The number of nitrogens with zero attached hydrogens (tertiary/aromatic N) is 2. The molecule has 7 aromatic rings. The number of thiophene rings is 1. The molecule has 0 N–H and O–H groups in total. The van der Waals surface area contributed by atoms with E-state index < -0.39 is 13.3 Å². The van der Waals surface area contributed by atoms with E-state index in [1.807, 2.05) is 47.9 Å². The second kappa shape index (κ2) is 12.4. The summed E-state index contributed by atoms with van der Waals surface area (Å²) < 4.78 is 4.02. The normalized spacial score (nSPS) is 13.0. The van der Waals surface area contributed by atoms with Gasteiger partial charge in [0.1, 0.15) is 0 Å². The fourth-order valence-electron chi connectivity index (χ4n) is 6.16. The number of hydrogen-bond donors (Lipinski definition) is 0. The SMILES string of the molecule is CC1(C)c2ccccc2-c2cnc(-c3[c-]ccc4c3sc3ccccc34)cc21.[CH3][Ge]([CH3])([CH3])[c]1ccc(-c2[c-]cccc2)nc1.[Ir]. The van der Waals surface area contributed by atoms with E-state index in [1.165, 1.54) is 46.8 Å². The molecular weight excluding hydrogens is 805 g/mol. The van der Waals surface area contributed by atoms with Crippen LogP contribution < -0.4 is 4.40 Å². The number of fused-ring (bicyclic) bond motifs is 6. The van der Waals surface area contributed by atoms with Gasteiger partial charge in [-0.25, -0.2) is 0 Å². The van der Waals surface area contributed by atoms with Gasteiger partial charge in [0.05, 0.1) is 0 Å². The molecule has 0 amide bonds. The zero-order chi connectivity index (χ0) is 30.5. The van der Waals surface area contributed by atoms with Crippen LogP contribution in [0.4, 0.5) is 0 Å². The average molecular weight is 840 g/mol. The van der Waals surface area contributed by atoms with Crippen molar-refractivity contribution in [3.05, 3.63) is 139 Å². The maximum Gasteiger partial charge on any atom is 0 e. The molecule has 0 saturated carbocycles. The van der Waals surface area contributed by atoms with Gasteiger partial charge in [-0.1, -0.05) is 67.8 Å². The maximum absolute atomic E-state index is 4.88. The van der Waals surface area contributed by atoms with Gasteiger partial charge in [-0.2, -0.15) is 11.3 Å². The molecule has 5 heteroatoms. The van der Waals surface area contributed by atoms with E-state index in [-0.39, 0.29) is 25.5 Å². The Morgan fingerprint density at radius 2 is 1.42 bits per heavy atom. The Kier molecular flexibility index (Phi) is 8.71. The Labute approximate surface area is 286 Å². The Bertz CT molecular complexity index is 2130. The van der Waals surface area contributed by atoms with E-state index >= 15 is 0 Å². The first-order valence-corrected chi connectivity index (χ1v) is 23.2. The van der Waals surface area contributed by atoms with Gasteiger partial charge >= 0.3 is 99.8 Å². The van der Waals surface area contributed by atoms with E-state index in [1.54, 1.807) is 0 Å². The largest absolute Gasteiger partial charge is 0 e. The molecule has 0 atom stereocenters. The first-order chi connectivity index (χ1) is 21.2. The van der Waals surface area contributed by atoms with Gasteiger partial charge in [-0.15, -0.1) is 23.8 Å². The molecule has 2 nitrogen and oxygen atoms in total. The predicted molar refractivity (Wildman–Crippen MR) is 190 cm³/mol. The van der Waals surface area contributed by atoms with Gasteiger partial charge in [-0.3, -0.25) is 0 Å². The molecule has 4 aromatic carbocycles. The number of benzene rings is 4. The molecule has 1 aliphatic carbocycles. The number of aromatic nitrogens is 2. The monoisotopic (exact) mass is 841 g/mol. The van der Waals surface area contributed by atoms with E-state index in [9.17, 15) is 0 Å². The van der Waals surface area contributed by atoms with Crippen molar-refractivity contribution < 1.29 is 20.1 Å². The number of pyridine rings is 2. The zero-order valence-corrected chi connectivity index (χ0v) is 31.4. The molecule has 225 valence electrons. The van der Waals surface area contributed by atoms with E-state index in [4.69, 9.17) is 4.98 Å². The van der Waals surface area contributed by atoms with Gasteiger partial charge in [0.25, 0.3) is 0 Å². The van der Waals surface area contributed by atoms with Crippen LogP contribution in [0.25, 0.3) is 53.8 Å². The summed E-state index contributed by atoms with van der Waals surface area (Å²) in [5.41, 5.74) is 9.48. The quantitative estimate of drug-likeness (QED) is 0.131. The predicted octanol–water partition coefficient (Wildman–Crippen LogP) is 10.3. The van der Waals surface area contributed by atoms with Crippen LogP contribution in [0.5, 0.6) is 0 Å². The summed E-state index contributed by atoms with van der Waals surface area (Å²) in [6.07, 6.45) is 4.09. The molecule has 0 saturated heterocycles. The minimum atomic E-state index is -1.72. The van der Waals surface area contributed by atoms with Crippen LogP contribution in [0.1, 0.15) is 25.0 Å². The Hall–Kier alpha value is -3.41. The molecule has 0 fully saturated rings. The van der Waals surface area contributed by atoms with Crippen molar-refractivity contribution in [1.29, 1.82) is 0 Å². The van der Waals surface area contributed by atoms with Gasteiger partial charge in [0, 0.05) is 42.0 Å². The average Bonchev–Trinajstić information content (AvgIpc) is 3.54. The molecule has 1 aliphatic rings. The van der Waals surface area contributed by atoms with Crippen molar-refractivity contribution in [2.24, 2.45) is 0 Å². The second-order valence-corrected chi connectivity index (χ2v) is 24.6. The van der Waals surface area contributed by atoms with Crippen LogP contribution in [-0.2, 0) is 25.5 Å². The Balaban J connectivity index is 0.000000181. The van der Waals surface area contributed by atoms with Crippen molar-refractivity contribution in [3.8, 4) is 33.6 Å². The van der Waals surface area contributed by atoms with Crippen molar-refractivity contribution >= 4 is 49.2 Å². The van der Waals surface area contributed by atoms with Crippen molar-refractivity contribution in [2.75, 3.05) is 0 Å². The van der Waals surface area contributed by atoms with Crippen LogP contribution in [0.15, 0.2) is 116 Å². The maximum atomic E-state index is 4.88. The van der Waals surface area contributed by atoms with Crippen LogP contribution in [0.3, 0.4) is 0 Å². The topological polar surface area (TPSA) is 25.8 Å². The van der Waals surface area contributed by atoms with Crippen molar-refractivity contribution in [2.45, 2.75) is 36.5 Å². The molecule has 1 radical (unpaired) electrons. The van der Waals surface area contributed by atoms with Crippen LogP contribution in [0.2, 0.25) is 17.3 Å². The Morgan fingerprint density at radius 1 is 0.667 bits per heavy atom. The molecule has 3 aromatic heterocycles. The summed E-state index contributed by atoms with van der Waals surface area (Å²) in [6.45, 7) is 4.62. The van der Waals surface area contributed by atoms with E-state index in [0.29, 0.717) is 0 Å². The number of hydrogen-bond acceptors (Lipinski definition) is 3. The van der Waals surface area contributed by atoms with Gasteiger partial charge < -0.3 is 4.98 Å². The fraction of sp³-hybridized carbons (Fsp3) is 0.150. The summed E-state index contributed by atoms with van der Waals surface area (Å²) in [5, 5.41) is 2.60. The first kappa shape index (κ1) is 31.6. The summed E-state index contributed by atoms with van der Waals surface area (Å²) in [6, 6.07) is 42.8. The van der Waals surface area contributed by atoms with Gasteiger partial charge in [0.15, 0.2) is 0 Å². The third-order valence-electron chi connectivity index (χ3n) is 8.68. The Morgan fingerprint density at radius 3 is 2.18 bits per heavy atom. The van der Waals surface area contributed by atoms with Crippen LogP contribution in [0, 0.1) is 12.1 Å². The molecule has 3 heterocycles. The first-order valence-electron chi connectivity index (χ1n) is 15.1. The molecule has 8 rings (SSSR count). The third-order valence-corrected chi connectivity index (χ3v) is 14.1. The minimum Gasteiger partial charge on any atom is 0 e. The molecule has 0 bridgehead atoms. The van der Waals surface area contributed by atoms with Crippen LogP contribution in [-0.4, -0.2) is 23.2 Å². The zero-order valence-electron chi connectivity index (χ0n) is 26.1. The smallest absolute Gasteiger partial charge is 0 e. The summed E-state index contributed by atoms with van der Waals surface area (Å²) in [5.74, 6) is 7.14. The summed E-state index contributed by atoms with van der Waals surface area (Å²) >= 11 is 0.116. The fourth-order valence-corrected chi connectivity index (χ4v) is 9.54. The van der Waals surface area contributed by atoms with E-state index in [0.717, 1.165) is 22.5 Å². The second-order valence-electron chi connectivity index (χ2n) is 12.9. The third kappa shape index (κ3) is 5.86. The van der Waals surface area contributed by atoms with Gasteiger partial charge in [0.2, 0.25) is 0 Å². The van der Waals surface area contributed by atoms with Crippen molar-refractivity contribution in [3.63, 3.8) is 0 Å². The summed E-state index contributed by atoms with van der Waals surface area (Å²) in [4.78, 5) is 9.41. The molecular formula is C40H34GeIrN2S-2. The van der Waals surface area contributed by atoms with Crippen LogP contribution >= 0.6 is 11.3 Å².